The lowest BCUT2D eigenvalue weighted by Gasteiger charge is -2.06. The van der Waals surface area contributed by atoms with Gasteiger partial charge in [0.25, 0.3) is 0 Å². The molecular formula is C16H15N3. The van der Waals surface area contributed by atoms with Crippen LogP contribution >= 0.6 is 0 Å². The minimum Gasteiger partial charge on any atom is -0.325 e. The molecule has 0 spiro atoms. The molecule has 0 fully saturated rings. The molecule has 0 saturated carbocycles. The second-order valence-electron chi connectivity index (χ2n) is 4.59. The van der Waals surface area contributed by atoms with Crippen LogP contribution < -0.4 is 5.73 Å². The van der Waals surface area contributed by atoms with Crippen LogP contribution in [-0.4, -0.2) is 9.97 Å². The Morgan fingerprint density at radius 2 is 1.74 bits per heavy atom. The lowest BCUT2D eigenvalue weighted by molar-refractivity contribution is 0.954. The summed E-state index contributed by atoms with van der Waals surface area (Å²) in [6.45, 7) is 2.40. The Morgan fingerprint density at radius 1 is 0.947 bits per heavy atom. The summed E-state index contributed by atoms with van der Waals surface area (Å²) in [7, 11) is 0. The van der Waals surface area contributed by atoms with Crippen LogP contribution in [0.4, 0.5) is 0 Å². The minimum absolute atomic E-state index is 0.434. The van der Waals surface area contributed by atoms with Crippen molar-refractivity contribution in [3.8, 4) is 11.4 Å². The van der Waals surface area contributed by atoms with Gasteiger partial charge in [-0.25, -0.2) is 9.97 Å². The first-order valence-corrected chi connectivity index (χ1v) is 6.30. The van der Waals surface area contributed by atoms with Crippen molar-refractivity contribution in [1.29, 1.82) is 0 Å². The average molecular weight is 249 g/mol. The van der Waals surface area contributed by atoms with E-state index in [1.807, 2.05) is 25.1 Å². The van der Waals surface area contributed by atoms with Gasteiger partial charge in [-0.05, 0) is 29.8 Å². The Kier molecular flexibility index (Phi) is 2.97. The maximum Gasteiger partial charge on any atom is 0.159 e. The molecule has 0 aliphatic heterocycles. The zero-order chi connectivity index (χ0) is 13.2. The van der Waals surface area contributed by atoms with E-state index >= 15 is 0 Å². The highest BCUT2D eigenvalue weighted by atomic mass is 14.9. The van der Waals surface area contributed by atoms with Gasteiger partial charge >= 0.3 is 0 Å². The number of rotatable bonds is 2. The van der Waals surface area contributed by atoms with Crippen LogP contribution in [0.1, 0.15) is 11.4 Å². The molecule has 0 aliphatic rings. The summed E-state index contributed by atoms with van der Waals surface area (Å²) in [5.41, 5.74) is 8.51. The Hall–Kier alpha value is -2.26. The van der Waals surface area contributed by atoms with Gasteiger partial charge in [0.05, 0.1) is 5.69 Å². The minimum atomic E-state index is 0.434. The van der Waals surface area contributed by atoms with Crippen molar-refractivity contribution in [3.05, 3.63) is 59.9 Å². The van der Waals surface area contributed by atoms with E-state index in [-0.39, 0.29) is 0 Å². The molecule has 3 nitrogen and oxygen atoms in total. The lowest BCUT2D eigenvalue weighted by Crippen LogP contribution is -2.03. The largest absolute Gasteiger partial charge is 0.325 e. The zero-order valence-electron chi connectivity index (χ0n) is 10.8. The Bertz CT molecular complexity index is 735. The van der Waals surface area contributed by atoms with E-state index in [1.165, 1.54) is 10.8 Å². The van der Waals surface area contributed by atoms with Crippen molar-refractivity contribution >= 4 is 10.8 Å². The van der Waals surface area contributed by atoms with Crippen LogP contribution in [0.25, 0.3) is 22.2 Å². The molecule has 19 heavy (non-hydrogen) atoms. The molecule has 3 aromatic rings. The zero-order valence-corrected chi connectivity index (χ0v) is 10.8. The van der Waals surface area contributed by atoms with Gasteiger partial charge in [0.15, 0.2) is 5.82 Å². The predicted octanol–water partition coefficient (Wildman–Crippen LogP) is 3.06. The average Bonchev–Trinajstić information content (AvgIpc) is 2.46. The molecule has 3 rings (SSSR count). The highest BCUT2D eigenvalue weighted by Gasteiger charge is 2.05. The summed E-state index contributed by atoms with van der Waals surface area (Å²) in [5.74, 6) is 0.742. The van der Waals surface area contributed by atoms with Gasteiger partial charge in [0.1, 0.15) is 0 Å². The Balaban J connectivity index is 2.15. The molecule has 0 atom stereocenters. The molecule has 0 aliphatic carbocycles. The van der Waals surface area contributed by atoms with Crippen LogP contribution in [0, 0.1) is 6.92 Å². The van der Waals surface area contributed by atoms with E-state index < -0.39 is 0 Å². The van der Waals surface area contributed by atoms with Gasteiger partial charge in [-0.3, -0.25) is 0 Å². The first-order chi connectivity index (χ1) is 9.26. The molecule has 2 N–H and O–H groups in total. The van der Waals surface area contributed by atoms with Crippen molar-refractivity contribution in [2.45, 2.75) is 13.5 Å². The number of nitrogens with zero attached hydrogens (tertiary/aromatic N) is 2. The lowest BCUT2D eigenvalue weighted by atomic mass is 10.1. The van der Waals surface area contributed by atoms with Crippen LogP contribution in [0.3, 0.4) is 0 Å². The van der Waals surface area contributed by atoms with Crippen molar-refractivity contribution in [3.63, 3.8) is 0 Å². The van der Waals surface area contributed by atoms with Crippen molar-refractivity contribution in [2.24, 2.45) is 5.73 Å². The first-order valence-electron chi connectivity index (χ1n) is 6.30. The standard InChI is InChI=1S/C16H15N3/c1-11-8-15(10-17)19-16(18-11)14-7-6-12-4-2-3-5-13(12)9-14/h2-9H,10,17H2,1H3. The maximum atomic E-state index is 5.67. The third-order valence-electron chi connectivity index (χ3n) is 3.12. The molecule has 94 valence electrons. The second-order valence-corrected chi connectivity index (χ2v) is 4.59. The summed E-state index contributed by atoms with van der Waals surface area (Å²) >= 11 is 0. The van der Waals surface area contributed by atoms with Crippen molar-refractivity contribution < 1.29 is 0 Å². The normalized spacial score (nSPS) is 10.8. The van der Waals surface area contributed by atoms with Gasteiger partial charge in [-0.2, -0.15) is 0 Å². The number of hydrogen-bond donors (Lipinski definition) is 1. The molecule has 0 saturated heterocycles. The number of aromatic nitrogens is 2. The molecule has 1 heterocycles. The third-order valence-corrected chi connectivity index (χ3v) is 3.12. The summed E-state index contributed by atoms with van der Waals surface area (Å²) in [6.07, 6.45) is 0. The van der Waals surface area contributed by atoms with Gasteiger partial charge in [0, 0.05) is 17.8 Å². The number of benzene rings is 2. The molecule has 0 radical (unpaired) electrons. The highest BCUT2D eigenvalue weighted by molar-refractivity contribution is 5.86. The van der Waals surface area contributed by atoms with E-state index in [0.717, 1.165) is 22.8 Å². The second kappa shape index (κ2) is 4.78. The molecule has 2 aromatic carbocycles. The van der Waals surface area contributed by atoms with E-state index in [0.29, 0.717) is 6.54 Å². The topological polar surface area (TPSA) is 51.8 Å². The van der Waals surface area contributed by atoms with Gasteiger partial charge in [-0.1, -0.05) is 36.4 Å². The quantitative estimate of drug-likeness (QED) is 0.759. The van der Waals surface area contributed by atoms with Crippen LogP contribution in [0.2, 0.25) is 0 Å². The Labute approximate surface area is 112 Å². The van der Waals surface area contributed by atoms with E-state index in [2.05, 4.69) is 40.3 Å². The molecule has 0 unspecified atom stereocenters. The summed E-state index contributed by atoms with van der Waals surface area (Å²) in [5, 5.41) is 2.41. The monoisotopic (exact) mass is 249 g/mol. The van der Waals surface area contributed by atoms with Crippen LogP contribution in [0.5, 0.6) is 0 Å². The Morgan fingerprint density at radius 3 is 2.53 bits per heavy atom. The third kappa shape index (κ3) is 2.33. The van der Waals surface area contributed by atoms with Crippen molar-refractivity contribution in [1.82, 2.24) is 9.97 Å². The van der Waals surface area contributed by atoms with E-state index in [4.69, 9.17) is 5.73 Å². The fourth-order valence-electron chi connectivity index (χ4n) is 2.20. The number of fused-ring (bicyclic) bond motifs is 1. The summed E-state index contributed by atoms with van der Waals surface area (Å²) in [6, 6.07) is 16.5. The number of aryl methyl sites for hydroxylation is 1. The van der Waals surface area contributed by atoms with Gasteiger partial charge in [0.2, 0.25) is 0 Å². The first kappa shape index (κ1) is 11.8. The maximum absolute atomic E-state index is 5.67. The fraction of sp³-hybridized carbons (Fsp3) is 0.125. The smallest absolute Gasteiger partial charge is 0.159 e. The van der Waals surface area contributed by atoms with E-state index in [9.17, 15) is 0 Å². The molecule has 0 amide bonds. The fourth-order valence-corrected chi connectivity index (χ4v) is 2.20. The molecular weight excluding hydrogens is 234 g/mol. The predicted molar refractivity (Wildman–Crippen MR) is 77.6 cm³/mol. The summed E-state index contributed by atoms with van der Waals surface area (Å²) in [4.78, 5) is 8.99. The number of hydrogen-bond acceptors (Lipinski definition) is 3. The van der Waals surface area contributed by atoms with Crippen LogP contribution in [-0.2, 0) is 6.54 Å². The SMILES string of the molecule is Cc1cc(CN)nc(-c2ccc3ccccc3c2)n1. The molecule has 1 aromatic heterocycles. The van der Waals surface area contributed by atoms with Gasteiger partial charge < -0.3 is 5.73 Å². The van der Waals surface area contributed by atoms with Crippen LogP contribution in [0.15, 0.2) is 48.5 Å². The summed E-state index contributed by atoms with van der Waals surface area (Å²) < 4.78 is 0. The molecule has 3 heteroatoms. The number of nitrogens with two attached hydrogens (primary N) is 1. The highest BCUT2D eigenvalue weighted by Crippen LogP contribution is 2.22. The van der Waals surface area contributed by atoms with E-state index in [1.54, 1.807) is 0 Å². The van der Waals surface area contributed by atoms with Crippen molar-refractivity contribution in [2.75, 3.05) is 0 Å². The molecule has 0 bridgehead atoms. The van der Waals surface area contributed by atoms with Gasteiger partial charge in [-0.15, -0.1) is 0 Å².